The molecule has 0 spiro atoms. The van der Waals surface area contributed by atoms with Gasteiger partial charge in [0.05, 0.1) is 0 Å². The van der Waals surface area contributed by atoms with Gasteiger partial charge < -0.3 is 9.15 Å². The van der Waals surface area contributed by atoms with E-state index in [0.29, 0.717) is 0 Å². The van der Waals surface area contributed by atoms with Crippen LogP contribution in [-0.2, 0) is 0 Å². The lowest BCUT2D eigenvalue weighted by molar-refractivity contribution is 0.488. The predicted molar refractivity (Wildman–Crippen MR) is 169 cm³/mol. The summed E-state index contributed by atoms with van der Waals surface area (Å²) in [4.78, 5) is 2.50. The number of thiophene rings is 1. The Bertz CT molecular complexity index is 1870. The fourth-order valence-electron chi connectivity index (χ4n) is 5.54. The highest BCUT2D eigenvalue weighted by Gasteiger charge is 2.22. The number of ether oxygens (including phenoxy) is 1. The van der Waals surface area contributed by atoms with Crippen LogP contribution < -0.4 is 4.74 Å². The second kappa shape index (κ2) is 9.81. The van der Waals surface area contributed by atoms with Crippen LogP contribution in [-0.4, -0.2) is 0 Å². The average Bonchev–Trinajstić information content (AvgIpc) is 3.71. The fourth-order valence-corrected chi connectivity index (χ4v) is 6.55. The van der Waals surface area contributed by atoms with Crippen LogP contribution in [0.2, 0.25) is 0 Å². The van der Waals surface area contributed by atoms with E-state index in [1.54, 1.807) is 0 Å². The van der Waals surface area contributed by atoms with Gasteiger partial charge in [-0.15, -0.1) is 11.3 Å². The number of fused-ring (bicyclic) bond motifs is 5. The predicted octanol–water partition coefficient (Wildman–Crippen LogP) is 11.4. The zero-order chi connectivity index (χ0) is 27.2. The topological polar surface area (TPSA) is 22.4 Å². The van der Waals surface area contributed by atoms with Gasteiger partial charge in [-0.2, -0.15) is 0 Å². The van der Waals surface area contributed by atoms with E-state index in [4.69, 9.17) is 9.15 Å². The van der Waals surface area contributed by atoms with Gasteiger partial charge in [0.25, 0.3) is 0 Å². The van der Waals surface area contributed by atoms with Gasteiger partial charge in [0.15, 0.2) is 0 Å². The zero-order valence-corrected chi connectivity index (χ0v) is 22.9. The van der Waals surface area contributed by atoms with Gasteiger partial charge in [0.1, 0.15) is 23.0 Å². The van der Waals surface area contributed by atoms with Crippen LogP contribution >= 0.6 is 11.3 Å². The molecule has 8 rings (SSSR count). The van der Waals surface area contributed by atoms with Crippen LogP contribution in [0.4, 0.5) is 0 Å². The lowest BCUT2D eigenvalue weighted by Gasteiger charge is -2.11. The third kappa shape index (κ3) is 4.28. The van der Waals surface area contributed by atoms with Crippen molar-refractivity contribution in [1.82, 2.24) is 0 Å². The molecule has 0 atom stereocenters. The van der Waals surface area contributed by atoms with Crippen molar-refractivity contribution in [3.8, 4) is 77.3 Å². The molecule has 0 saturated heterocycles. The van der Waals surface area contributed by atoms with Gasteiger partial charge in [-0.25, -0.2) is 0 Å². The summed E-state index contributed by atoms with van der Waals surface area (Å²) in [6.45, 7) is 0. The summed E-state index contributed by atoms with van der Waals surface area (Å²) in [6, 6.07) is 50.6. The molecule has 0 N–H and O–H groups in total. The number of benzene rings is 5. The summed E-state index contributed by atoms with van der Waals surface area (Å²) in [5.74, 6) is 3.39. The molecule has 1 aliphatic heterocycles. The van der Waals surface area contributed by atoms with E-state index < -0.39 is 0 Å². The Morgan fingerprint density at radius 2 is 0.878 bits per heavy atom. The van der Waals surface area contributed by atoms with Gasteiger partial charge in [-0.1, -0.05) is 84.9 Å². The second-order valence-corrected chi connectivity index (χ2v) is 11.2. The molecule has 3 heteroatoms. The molecule has 3 heterocycles. The molecule has 194 valence electrons. The Hall–Kier alpha value is -5.12. The number of rotatable bonds is 4. The summed E-state index contributed by atoms with van der Waals surface area (Å²) in [5, 5.41) is 0. The zero-order valence-electron chi connectivity index (χ0n) is 22.1. The second-order valence-electron chi connectivity index (χ2n) is 10.1. The molecule has 0 aliphatic carbocycles. The highest BCUT2D eigenvalue weighted by Crippen LogP contribution is 2.49. The largest absolute Gasteiger partial charge is 0.456 e. The van der Waals surface area contributed by atoms with Crippen molar-refractivity contribution >= 4 is 11.3 Å². The highest BCUT2D eigenvalue weighted by atomic mass is 32.1. The van der Waals surface area contributed by atoms with Gasteiger partial charge in [0, 0.05) is 32.0 Å². The molecule has 0 amide bonds. The number of furan rings is 1. The monoisotopic (exact) mass is 544 g/mol. The molecule has 0 fully saturated rings. The minimum absolute atomic E-state index is 0.833. The first-order valence-corrected chi connectivity index (χ1v) is 14.5. The van der Waals surface area contributed by atoms with Crippen LogP contribution in [0.25, 0.3) is 65.8 Å². The first-order chi connectivity index (χ1) is 20.3. The van der Waals surface area contributed by atoms with Gasteiger partial charge in [-0.3, -0.25) is 0 Å². The lowest BCUT2D eigenvalue weighted by Crippen LogP contribution is -1.87. The summed E-state index contributed by atoms with van der Waals surface area (Å²) >= 11 is 1.81. The van der Waals surface area contributed by atoms with Crippen molar-refractivity contribution in [2.45, 2.75) is 0 Å². The lowest BCUT2D eigenvalue weighted by atomic mass is 9.92. The SMILES string of the molecule is c1ccc(-c2ccc(-c3ccc4c(c3)-c3ccccc3-c3cc(-c5ccc(-c6ccccc6)s5)ccc3O4)o2)cc1. The fraction of sp³-hybridized carbons (Fsp3) is 0. The third-order valence-corrected chi connectivity index (χ3v) is 8.77. The van der Waals surface area contributed by atoms with Crippen LogP contribution in [0.3, 0.4) is 0 Å². The normalized spacial score (nSPS) is 11.6. The van der Waals surface area contributed by atoms with Crippen molar-refractivity contribution in [3.05, 3.63) is 146 Å². The van der Waals surface area contributed by atoms with Crippen molar-refractivity contribution in [1.29, 1.82) is 0 Å². The van der Waals surface area contributed by atoms with Crippen LogP contribution in [0, 0.1) is 0 Å². The van der Waals surface area contributed by atoms with E-state index >= 15 is 0 Å². The van der Waals surface area contributed by atoms with Gasteiger partial charge >= 0.3 is 0 Å². The van der Waals surface area contributed by atoms with Crippen LogP contribution in [0.1, 0.15) is 0 Å². The third-order valence-electron chi connectivity index (χ3n) is 7.58. The van der Waals surface area contributed by atoms with Crippen molar-refractivity contribution in [3.63, 3.8) is 0 Å². The molecular weight excluding hydrogens is 520 g/mol. The summed E-state index contributed by atoms with van der Waals surface area (Å²) in [7, 11) is 0. The van der Waals surface area contributed by atoms with Crippen molar-refractivity contribution in [2.24, 2.45) is 0 Å². The maximum Gasteiger partial charge on any atom is 0.135 e. The molecule has 0 saturated carbocycles. The van der Waals surface area contributed by atoms with Gasteiger partial charge in [-0.05, 0) is 82.9 Å². The number of hydrogen-bond acceptors (Lipinski definition) is 3. The van der Waals surface area contributed by atoms with Crippen molar-refractivity contribution in [2.75, 3.05) is 0 Å². The Balaban J connectivity index is 1.20. The van der Waals surface area contributed by atoms with E-state index in [9.17, 15) is 0 Å². The molecule has 2 nitrogen and oxygen atoms in total. The Labute approximate surface area is 242 Å². The maximum absolute atomic E-state index is 6.59. The summed E-state index contributed by atoms with van der Waals surface area (Å²) < 4.78 is 12.9. The molecule has 0 bridgehead atoms. The Morgan fingerprint density at radius 3 is 1.54 bits per heavy atom. The van der Waals surface area contributed by atoms with E-state index in [2.05, 4.69) is 115 Å². The molecule has 41 heavy (non-hydrogen) atoms. The average molecular weight is 545 g/mol. The van der Waals surface area contributed by atoms with E-state index in [0.717, 1.165) is 56.4 Å². The molecular formula is C38H24O2S. The summed E-state index contributed by atoms with van der Waals surface area (Å²) in [6.07, 6.45) is 0. The van der Waals surface area contributed by atoms with Gasteiger partial charge in [0.2, 0.25) is 0 Å². The van der Waals surface area contributed by atoms with Crippen molar-refractivity contribution < 1.29 is 9.15 Å². The van der Waals surface area contributed by atoms with E-state index in [1.807, 2.05) is 41.7 Å². The molecule has 5 aromatic carbocycles. The minimum atomic E-state index is 0.833. The minimum Gasteiger partial charge on any atom is -0.456 e. The maximum atomic E-state index is 6.59. The standard InChI is InChI=1S/C38H24O2S/c1-3-9-25(10-4-1)33-19-20-34(39-33)27-15-17-35-31(23-27)29-13-7-8-14-30(29)32-24-28(16-18-36(32)40-35)38-22-21-37(41-38)26-11-5-2-6-12-26/h1-24H. The quantitative estimate of drug-likeness (QED) is 0.220. The van der Waals surface area contributed by atoms with Crippen LogP contribution in [0.15, 0.2) is 150 Å². The summed E-state index contributed by atoms with van der Waals surface area (Å²) in [5.41, 5.74) is 8.95. The van der Waals surface area contributed by atoms with E-state index in [-0.39, 0.29) is 0 Å². The Kier molecular flexibility index (Phi) is 5.68. The Morgan fingerprint density at radius 1 is 0.366 bits per heavy atom. The molecule has 0 unspecified atom stereocenters. The molecule has 1 aliphatic rings. The number of hydrogen-bond donors (Lipinski definition) is 0. The molecule has 2 aromatic heterocycles. The first kappa shape index (κ1) is 23.7. The van der Waals surface area contributed by atoms with E-state index in [1.165, 1.54) is 20.9 Å². The highest BCUT2D eigenvalue weighted by molar-refractivity contribution is 7.18. The molecule has 0 radical (unpaired) electrons. The molecule has 7 aromatic rings. The van der Waals surface area contributed by atoms with Crippen LogP contribution in [0.5, 0.6) is 11.5 Å². The smallest absolute Gasteiger partial charge is 0.135 e. The first-order valence-electron chi connectivity index (χ1n) is 13.7.